The van der Waals surface area contributed by atoms with Crippen molar-refractivity contribution in [1.29, 1.82) is 0 Å². The summed E-state index contributed by atoms with van der Waals surface area (Å²) in [6.45, 7) is 6.32. The maximum absolute atomic E-state index is 12.5. The predicted octanol–water partition coefficient (Wildman–Crippen LogP) is 0.252. The molecule has 136 valence electrons. The minimum Gasteiger partial charge on any atom is -0.345 e. The molecule has 1 atom stereocenters. The van der Waals surface area contributed by atoms with Crippen LogP contribution in [-0.2, 0) is 4.79 Å². The lowest BCUT2D eigenvalue weighted by Crippen LogP contribution is -2.49. The normalized spacial score (nSPS) is 24.6. The summed E-state index contributed by atoms with van der Waals surface area (Å²) in [7, 11) is 5.21. The van der Waals surface area contributed by atoms with Crippen molar-refractivity contribution in [2.24, 2.45) is 5.41 Å². The number of hydrogen-bond acceptors (Lipinski definition) is 3. The molecule has 2 aliphatic heterocycles. The van der Waals surface area contributed by atoms with Gasteiger partial charge in [0, 0.05) is 71.7 Å². The van der Waals surface area contributed by atoms with Crippen LogP contribution in [0.2, 0.25) is 0 Å². The van der Waals surface area contributed by atoms with Crippen molar-refractivity contribution in [2.45, 2.75) is 26.3 Å². The van der Waals surface area contributed by atoms with Crippen molar-refractivity contribution < 1.29 is 14.4 Å². The molecule has 0 aliphatic carbocycles. The number of carbonyl (C=O) groups excluding carboxylic acids is 3. The predicted molar refractivity (Wildman–Crippen MR) is 90.6 cm³/mol. The van der Waals surface area contributed by atoms with Crippen molar-refractivity contribution in [3.05, 3.63) is 0 Å². The Morgan fingerprint density at radius 2 is 1.71 bits per heavy atom. The van der Waals surface area contributed by atoms with Crippen LogP contribution >= 0.6 is 0 Å². The molecule has 0 aromatic carbocycles. The summed E-state index contributed by atoms with van der Waals surface area (Å²) in [6.07, 6.45) is 0.367. The minimum absolute atomic E-state index is 0.0455. The van der Waals surface area contributed by atoms with E-state index >= 15 is 0 Å². The molecule has 0 aromatic heterocycles. The third-order valence-corrected chi connectivity index (χ3v) is 4.57. The van der Waals surface area contributed by atoms with E-state index in [2.05, 4.69) is 5.32 Å². The first-order valence-electron chi connectivity index (χ1n) is 8.39. The second kappa shape index (κ2) is 6.86. The number of likely N-dealkylation sites (tertiary alicyclic amines) is 1. The van der Waals surface area contributed by atoms with E-state index in [1.54, 1.807) is 35.8 Å². The van der Waals surface area contributed by atoms with E-state index in [9.17, 15) is 14.4 Å². The molecule has 0 unspecified atom stereocenters. The Balaban J connectivity index is 2.24. The molecule has 0 radical (unpaired) electrons. The fourth-order valence-corrected chi connectivity index (χ4v) is 3.53. The average Bonchev–Trinajstić information content (AvgIpc) is 2.65. The number of hydrogen-bond donors (Lipinski definition) is 1. The highest BCUT2D eigenvalue weighted by molar-refractivity contribution is 5.80. The number of amides is 5. The Kier molecular flexibility index (Phi) is 5.25. The summed E-state index contributed by atoms with van der Waals surface area (Å²) in [5.74, 6) is 0.0679. The Hall–Kier alpha value is -1.99. The lowest BCUT2D eigenvalue weighted by Gasteiger charge is -2.34. The van der Waals surface area contributed by atoms with Gasteiger partial charge in [-0.3, -0.25) is 4.79 Å². The first-order chi connectivity index (χ1) is 11.1. The van der Waals surface area contributed by atoms with Gasteiger partial charge < -0.3 is 24.9 Å². The van der Waals surface area contributed by atoms with Crippen LogP contribution in [0.3, 0.4) is 0 Å². The molecule has 2 heterocycles. The van der Waals surface area contributed by atoms with E-state index in [1.807, 2.05) is 13.8 Å². The van der Waals surface area contributed by atoms with Crippen LogP contribution in [0.5, 0.6) is 0 Å². The summed E-state index contributed by atoms with van der Waals surface area (Å²) in [5.41, 5.74) is -0.400. The molecule has 2 fully saturated rings. The standard InChI is InChI=1S/C16H29N5O3/c1-12(2)17-14(23)20-6-7-21(15(24)18(3)4)11-16(10-20)8-13(22)19(5)9-16/h12H,6-11H2,1-5H3,(H,17,23)/t16-/m1/s1. The SMILES string of the molecule is CC(C)NC(=O)N1CCN(C(=O)N(C)C)C[C@@]2(CC(=O)N(C)C2)C1. The molecule has 24 heavy (non-hydrogen) atoms. The van der Waals surface area contributed by atoms with Crippen molar-refractivity contribution in [3.63, 3.8) is 0 Å². The lowest BCUT2D eigenvalue weighted by molar-refractivity contribution is -0.126. The molecule has 5 amide bonds. The van der Waals surface area contributed by atoms with Gasteiger partial charge in [0.05, 0.1) is 0 Å². The largest absolute Gasteiger partial charge is 0.345 e. The molecule has 2 saturated heterocycles. The zero-order valence-electron chi connectivity index (χ0n) is 15.3. The van der Waals surface area contributed by atoms with Crippen LogP contribution < -0.4 is 5.32 Å². The monoisotopic (exact) mass is 339 g/mol. The molecule has 0 aromatic rings. The van der Waals surface area contributed by atoms with E-state index in [4.69, 9.17) is 0 Å². The van der Waals surface area contributed by atoms with Crippen molar-refractivity contribution in [2.75, 3.05) is 53.9 Å². The van der Waals surface area contributed by atoms with Crippen molar-refractivity contribution in [3.8, 4) is 0 Å². The third kappa shape index (κ3) is 3.91. The van der Waals surface area contributed by atoms with E-state index < -0.39 is 5.41 Å². The highest BCUT2D eigenvalue weighted by atomic mass is 16.2. The number of nitrogens with one attached hydrogen (secondary N) is 1. The maximum Gasteiger partial charge on any atom is 0.319 e. The zero-order chi connectivity index (χ0) is 18.1. The Morgan fingerprint density at radius 1 is 1.12 bits per heavy atom. The number of urea groups is 2. The van der Waals surface area contributed by atoms with Gasteiger partial charge in [0.15, 0.2) is 0 Å². The lowest BCUT2D eigenvalue weighted by atomic mass is 9.86. The Morgan fingerprint density at radius 3 is 2.21 bits per heavy atom. The molecule has 8 nitrogen and oxygen atoms in total. The van der Waals surface area contributed by atoms with Gasteiger partial charge in [0.1, 0.15) is 0 Å². The van der Waals surface area contributed by atoms with Gasteiger partial charge in [0.2, 0.25) is 5.91 Å². The first kappa shape index (κ1) is 18.4. The summed E-state index contributed by atoms with van der Waals surface area (Å²) in [6, 6.07) is -0.169. The Bertz CT molecular complexity index is 522. The maximum atomic E-state index is 12.5. The second-order valence-electron chi connectivity index (χ2n) is 7.55. The number of nitrogens with zero attached hydrogens (tertiary/aromatic N) is 4. The zero-order valence-corrected chi connectivity index (χ0v) is 15.3. The topological polar surface area (TPSA) is 76.2 Å². The molecule has 0 bridgehead atoms. The summed E-state index contributed by atoms with van der Waals surface area (Å²) < 4.78 is 0. The summed E-state index contributed by atoms with van der Waals surface area (Å²) in [5, 5.41) is 2.91. The third-order valence-electron chi connectivity index (χ3n) is 4.57. The molecule has 8 heteroatoms. The number of carbonyl (C=O) groups is 3. The van der Waals surface area contributed by atoms with Crippen LogP contribution in [0.25, 0.3) is 0 Å². The smallest absolute Gasteiger partial charge is 0.319 e. The van der Waals surface area contributed by atoms with Crippen molar-refractivity contribution in [1.82, 2.24) is 24.9 Å². The fraction of sp³-hybridized carbons (Fsp3) is 0.812. The average molecular weight is 339 g/mol. The van der Waals surface area contributed by atoms with Gasteiger partial charge in [0.25, 0.3) is 0 Å². The van der Waals surface area contributed by atoms with Gasteiger partial charge in [-0.05, 0) is 13.8 Å². The molecular weight excluding hydrogens is 310 g/mol. The van der Waals surface area contributed by atoms with Crippen LogP contribution in [0.4, 0.5) is 9.59 Å². The van der Waals surface area contributed by atoms with Gasteiger partial charge >= 0.3 is 12.1 Å². The molecule has 0 saturated carbocycles. The quantitative estimate of drug-likeness (QED) is 0.744. The highest BCUT2D eigenvalue weighted by Gasteiger charge is 2.47. The van der Waals surface area contributed by atoms with Gasteiger partial charge in [-0.25, -0.2) is 9.59 Å². The van der Waals surface area contributed by atoms with Crippen LogP contribution in [0, 0.1) is 5.41 Å². The fourth-order valence-electron chi connectivity index (χ4n) is 3.53. The summed E-state index contributed by atoms with van der Waals surface area (Å²) in [4.78, 5) is 43.8. The van der Waals surface area contributed by atoms with Gasteiger partial charge in [-0.2, -0.15) is 0 Å². The van der Waals surface area contributed by atoms with Crippen molar-refractivity contribution >= 4 is 18.0 Å². The van der Waals surface area contributed by atoms with Crippen LogP contribution in [0.15, 0.2) is 0 Å². The molecule has 1 N–H and O–H groups in total. The van der Waals surface area contributed by atoms with E-state index in [-0.39, 0.29) is 24.0 Å². The van der Waals surface area contributed by atoms with E-state index in [0.29, 0.717) is 39.1 Å². The molecule has 2 rings (SSSR count). The molecule has 1 spiro atoms. The summed E-state index contributed by atoms with van der Waals surface area (Å²) >= 11 is 0. The molecular formula is C16H29N5O3. The van der Waals surface area contributed by atoms with Gasteiger partial charge in [-0.15, -0.1) is 0 Å². The van der Waals surface area contributed by atoms with E-state index in [0.717, 1.165) is 0 Å². The van der Waals surface area contributed by atoms with Gasteiger partial charge in [-0.1, -0.05) is 0 Å². The molecule has 2 aliphatic rings. The minimum atomic E-state index is -0.400. The highest BCUT2D eigenvalue weighted by Crippen LogP contribution is 2.34. The van der Waals surface area contributed by atoms with E-state index in [1.165, 1.54) is 4.90 Å². The second-order valence-corrected chi connectivity index (χ2v) is 7.55. The van der Waals surface area contributed by atoms with Crippen LogP contribution in [-0.4, -0.2) is 97.5 Å². The van der Waals surface area contributed by atoms with Crippen LogP contribution in [0.1, 0.15) is 20.3 Å². The first-order valence-corrected chi connectivity index (χ1v) is 8.39. The Labute approximate surface area is 143 Å². The number of rotatable bonds is 1.